The van der Waals surface area contributed by atoms with Gasteiger partial charge in [0.05, 0.1) is 11.3 Å². The Morgan fingerprint density at radius 3 is 2.43 bits per heavy atom. The minimum atomic E-state index is -4.70. The van der Waals surface area contributed by atoms with Crippen LogP contribution in [0.5, 0.6) is 0 Å². The standard InChI is InChI=1S/C12H12F4N2O3/c13-8-3-2-7(12(14,15)16)6-9(8)18-11(21)10(20)17-4-1-5-19/h2-3,6,19H,1,4-5H2,(H,17,20)(H,18,21). The van der Waals surface area contributed by atoms with Crippen molar-refractivity contribution in [2.24, 2.45) is 0 Å². The highest BCUT2D eigenvalue weighted by molar-refractivity contribution is 6.39. The van der Waals surface area contributed by atoms with Gasteiger partial charge in [0.2, 0.25) is 0 Å². The van der Waals surface area contributed by atoms with E-state index in [1.807, 2.05) is 0 Å². The van der Waals surface area contributed by atoms with Crippen molar-refractivity contribution in [3.8, 4) is 0 Å². The number of rotatable bonds is 4. The van der Waals surface area contributed by atoms with Gasteiger partial charge in [0.1, 0.15) is 5.82 Å². The fourth-order valence-corrected chi connectivity index (χ4v) is 1.34. The van der Waals surface area contributed by atoms with Gasteiger partial charge in [0.25, 0.3) is 0 Å². The van der Waals surface area contributed by atoms with Crippen molar-refractivity contribution < 1.29 is 32.3 Å². The number of carbonyl (C=O) groups excluding carboxylic acids is 2. The normalized spacial score (nSPS) is 11.1. The lowest BCUT2D eigenvalue weighted by molar-refractivity contribution is -0.137. The minimum Gasteiger partial charge on any atom is -0.396 e. The highest BCUT2D eigenvalue weighted by Crippen LogP contribution is 2.31. The van der Waals surface area contributed by atoms with E-state index >= 15 is 0 Å². The van der Waals surface area contributed by atoms with E-state index in [1.54, 1.807) is 5.32 Å². The molecule has 0 saturated carbocycles. The molecule has 0 aliphatic heterocycles. The zero-order valence-corrected chi connectivity index (χ0v) is 10.6. The Bertz CT molecular complexity index is 532. The molecule has 0 atom stereocenters. The first-order valence-electron chi connectivity index (χ1n) is 5.82. The Balaban J connectivity index is 2.78. The molecule has 0 unspecified atom stereocenters. The summed E-state index contributed by atoms with van der Waals surface area (Å²) in [6.45, 7) is -0.196. The fourth-order valence-electron chi connectivity index (χ4n) is 1.34. The number of hydrogen-bond acceptors (Lipinski definition) is 3. The molecule has 1 aromatic rings. The number of anilines is 1. The first-order chi connectivity index (χ1) is 9.75. The van der Waals surface area contributed by atoms with Crippen LogP contribution in [-0.2, 0) is 15.8 Å². The molecule has 116 valence electrons. The van der Waals surface area contributed by atoms with E-state index in [1.165, 1.54) is 0 Å². The second kappa shape index (κ2) is 7.02. The van der Waals surface area contributed by atoms with Crippen molar-refractivity contribution in [1.82, 2.24) is 5.32 Å². The number of aliphatic hydroxyl groups is 1. The van der Waals surface area contributed by atoms with Crippen LogP contribution in [0.3, 0.4) is 0 Å². The topological polar surface area (TPSA) is 78.4 Å². The summed E-state index contributed by atoms with van der Waals surface area (Å²) >= 11 is 0. The van der Waals surface area contributed by atoms with Crippen molar-refractivity contribution >= 4 is 17.5 Å². The Labute approximate surface area is 117 Å². The molecule has 0 aliphatic carbocycles. The molecule has 9 heteroatoms. The van der Waals surface area contributed by atoms with E-state index in [2.05, 4.69) is 5.32 Å². The molecular formula is C12H12F4N2O3. The molecule has 3 N–H and O–H groups in total. The maximum absolute atomic E-state index is 13.3. The lowest BCUT2D eigenvalue weighted by atomic mass is 10.2. The van der Waals surface area contributed by atoms with Crippen LogP contribution in [0, 0.1) is 5.82 Å². The average Bonchev–Trinajstić information content (AvgIpc) is 2.40. The molecular weight excluding hydrogens is 296 g/mol. The number of hydrogen-bond donors (Lipinski definition) is 3. The molecule has 0 saturated heterocycles. The van der Waals surface area contributed by atoms with Gasteiger partial charge < -0.3 is 15.7 Å². The SMILES string of the molecule is O=C(NCCCO)C(=O)Nc1cc(C(F)(F)F)ccc1F. The van der Waals surface area contributed by atoms with Crippen molar-refractivity contribution in [3.63, 3.8) is 0 Å². The molecule has 21 heavy (non-hydrogen) atoms. The first kappa shape index (κ1) is 16.9. The third-order valence-electron chi connectivity index (χ3n) is 2.37. The average molecular weight is 308 g/mol. The summed E-state index contributed by atoms with van der Waals surface area (Å²) in [6, 6.07) is 1.46. The zero-order valence-electron chi connectivity index (χ0n) is 10.6. The van der Waals surface area contributed by atoms with Crippen LogP contribution in [0.2, 0.25) is 0 Å². The quantitative estimate of drug-likeness (QED) is 0.445. The predicted molar refractivity (Wildman–Crippen MR) is 64.7 cm³/mol. The highest BCUT2D eigenvalue weighted by Gasteiger charge is 2.31. The number of aliphatic hydroxyl groups excluding tert-OH is 1. The zero-order chi connectivity index (χ0) is 16.0. The van der Waals surface area contributed by atoms with Crippen LogP contribution in [-0.4, -0.2) is 30.1 Å². The summed E-state index contributed by atoms with van der Waals surface area (Å²) in [7, 11) is 0. The Morgan fingerprint density at radius 2 is 1.86 bits per heavy atom. The van der Waals surface area contributed by atoms with Gasteiger partial charge in [0.15, 0.2) is 0 Å². The third-order valence-corrected chi connectivity index (χ3v) is 2.37. The smallest absolute Gasteiger partial charge is 0.396 e. The molecule has 0 aromatic heterocycles. The van der Waals surface area contributed by atoms with Gasteiger partial charge in [-0.3, -0.25) is 9.59 Å². The molecule has 1 aromatic carbocycles. The molecule has 2 amide bonds. The van der Waals surface area contributed by atoms with Crippen molar-refractivity contribution in [3.05, 3.63) is 29.6 Å². The van der Waals surface area contributed by atoms with E-state index in [9.17, 15) is 27.2 Å². The van der Waals surface area contributed by atoms with Crippen molar-refractivity contribution in [1.29, 1.82) is 0 Å². The summed E-state index contributed by atoms with van der Waals surface area (Å²) in [5.41, 5.74) is -1.90. The second-order valence-corrected chi connectivity index (χ2v) is 3.98. The molecule has 1 rings (SSSR count). The number of halogens is 4. The minimum absolute atomic E-state index is 0.00776. The first-order valence-corrected chi connectivity index (χ1v) is 5.82. The summed E-state index contributed by atoms with van der Waals surface area (Å²) in [6.07, 6.45) is -4.49. The van der Waals surface area contributed by atoms with E-state index < -0.39 is 35.1 Å². The fraction of sp³-hybridized carbons (Fsp3) is 0.333. The summed E-state index contributed by atoms with van der Waals surface area (Å²) in [5.74, 6) is -3.54. The third kappa shape index (κ3) is 5.03. The van der Waals surface area contributed by atoms with Crippen LogP contribution in [0.25, 0.3) is 0 Å². The van der Waals surface area contributed by atoms with Gasteiger partial charge in [-0.15, -0.1) is 0 Å². The molecule has 0 aliphatic rings. The van der Waals surface area contributed by atoms with Crippen LogP contribution >= 0.6 is 0 Å². The lowest BCUT2D eigenvalue weighted by Gasteiger charge is -2.11. The molecule has 0 fully saturated rings. The number of nitrogens with one attached hydrogen (secondary N) is 2. The maximum atomic E-state index is 13.3. The van der Waals surface area contributed by atoms with Crippen LogP contribution in [0.4, 0.5) is 23.2 Å². The van der Waals surface area contributed by atoms with Crippen molar-refractivity contribution in [2.45, 2.75) is 12.6 Å². The molecule has 0 heterocycles. The second-order valence-electron chi connectivity index (χ2n) is 3.98. The molecule has 5 nitrogen and oxygen atoms in total. The number of carbonyl (C=O) groups is 2. The van der Waals surface area contributed by atoms with Crippen LogP contribution in [0.15, 0.2) is 18.2 Å². The number of amides is 2. The van der Waals surface area contributed by atoms with Gasteiger partial charge in [-0.1, -0.05) is 0 Å². The monoisotopic (exact) mass is 308 g/mol. The van der Waals surface area contributed by atoms with Gasteiger partial charge in [-0.05, 0) is 24.6 Å². The Morgan fingerprint density at radius 1 is 1.19 bits per heavy atom. The predicted octanol–water partition coefficient (Wildman–Crippen LogP) is 1.28. The van der Waals surface area contributed by atoms with E-state index in [0.29, 0.717) is 18.2 Å². The summed E-state index contributed by atoms with van der Waals surface area (Å²) in [5, 5.41) is 12.4. The number of benzene rings is 1. The lowest BCUT2D eigenvalue weighted by Crippen LogP contribution is -2.36. The Hall–Kier alpha value is -2.16. The van der Waals surface area contributed by atoms with Gasteiger partial charge in [-0.25, -0.2) is 4.39 Å². The largest absolute Gasteiger partial charge is 0.416 e. The molecule has 0 bridgehead atoms. The summed E-state index contributed by atoms with van der Waals surface area (Å²) in [4.78, 5) is 22.7. The van der Waals surface area contributed by atoms with Crippen LogP contribution in [0.1, 0.15) is 12.0 Å². The van der Waals surface area contributed by atoms with Gasteiger partial charge in [0, 0.05) is 13.2 Å². The van der Waals surface area contributed by atoms with E-state index in [0.717, 1.165) is 0 Å². The van der Waals surface area contributed by atoms with Crippen molar-refractivity contribution in [2.75, 3.05) is 18.5 Å². The molecule has 0 spiro atoms. The molecule has 0 radical (unpaired) electrons. The maximum Gasteiger partial charge on any atom is 0.416 e. The number of alkyl halides is 3. The Kier molecular flexibility index (Phi) is 5.65. The van der Waals surface area contributed by atoms with Crippen LogP contribution < -0.4 is 10.6 Å². The van der Waals surface area contributed by atoms with Gasteiger partial charge >= 0.3 is 18.0 Å². The highest BCUT2D eigenvalue weighted by atomic mass is 19.4. The summed E-state index contributed by atoms with van der Waals surface area (Å²) < 4.78 is 50.7. The van der Waals surface area contributed by atoms with E-state index in [4.69, 9.17) is 5.11 Å². The van der Waals surface area contributed by atoms with E-state index in [-0.39, 0.29) is 19.6 Å². The van der Waals surface area contributed by atoms with Gasteiger partial charge in [-0.2, -0.15) is 13.2 Å².